The summed E-state index contributed by atoms with van der Waals surface area (Å²) in [6, 6.07) is 5.77. The number of benzene rings is 1. The number of nitrogens with one attached hydrogen (secondary N) is 2. The fraction of sp³-hybridized carbons (Fsp3) is 0.389. The summed E-state index contributed by atoms with van der Waals surface area (Å²) in [6.07, 6.45) is -4.55. The van der Waals surface area contributed by atoms with Gasteiger partial charge in [0.1, 0.15) is 0 Å². The van der Waals surface area contributed by atoms with Crippen LogP contribution >= 0.6 is 0 Å². The van der Waals surface area contributed by atoms with Gasteiger partial charge in [0.15, 0.2) is 0 Å². The molecule has 2 amide bonds. The molecule has 2 N–H and O–H groups in total. The first-order chi connectivity index (χ1) is 13.3. The number of para-hydroxylation sites is 1. The van der Waals surface area contributed by atoms with Crippen LogP contribution in [0, 0.1) is 6.92 Å². The van der Waals surface area contributed by atoms with E-state index in [0.717, 1.165) is 11.8 Å². The largest absolute Gasteiger partial charge is 0.418 e. The molecule has 28 heavy (non-hydrogen) atoms. The van der Waals surface area contributed by atoms with E-state index >= 15 is 0 Å². The minimum absolute atomic E-state index is 0.0563. The van der Waals surface area contributed by atoms with E-state index in [1.54, 1.807) is 6.07 Å². The highest BCUT2D eigenvalue weighted by Gasteiger charge is 2.33. The summed E-state index contributed by atoms with van der Waals surface area (Å²) >= 11 is 0. The summed E-state index contributed by atoms with van der Waals surface area (Å²) in [5.74, 6) is 0.544. The lowest BCUT2D eigenvalue weighted by Gasteiger charge is -2.27. The molecule has 150 valence electrons. The second-order valence-corrected chi connectivity index (χ2v) is 6.25. The number of carbonyl (C=O) groups excluding carboxylic acids is 1. The van der Waals surface area contributed by atoms with Gasteiger partial charge in [0.2, 0.25) is 5.95 Å². The maximum Gasteiger partial charge on any atom is 0.418 e. The van der Waals surface area contributed by atoms with Gasteiger partial charge < -0.3 is 20.3 Å². The zero-order valence-electron chi connectivity index (χ0n) is 15.2. The highest BCUT2D eigenvalue weighted by atomic mass is 19.4. The number of halogens is 3. The van der Waals surface area contributed by atoms with Crippen molar-refractivity contribution in [1.82, 2.24) is 15.3 Å². The van der Waals surface area contributed by atoms with Gasteiger partial charge in [0.25, 0.3) is 0 Å². The van der Waals surface area contributed by atoms with Gasteiger partial charge in [-0.15, -0.1) is 0 Å². The molecule has 0 radical (unpaired) electrons. The van der Waals surface area contributed by atoms with Gasteiger partial charge in [-0.3, -0.25) is 0 Å². The Labute approximate surface area is 159 Å². The molecule has 0 saturated carbocycles. The van der Waals surface area contributed by atoms with Crippen LogP contribution in [0.2, 0.25) is 0 Å². The number of urea groups is 1. The summed E-state index contributed by atoms with van der Waals surface area (Å²) in [6.45, 7) is 4.39. The summed E-state index contributed by atoms with van der Waals surface area (Å²) in [4.78, 5) is 22.9. The first kappa shape index (κ1) is 19.9. The van der Waals surface area contributed by atoms with Crippen LogP contribution in [0.25, 0.3) is 0 Å². The number of rotatable bonds is 4. The van der Waals surface area contributed by atoms with Crippen LogP contribution in [0.4, 0.5) is 29.6 Å². The van der Waals surface area contributed by atoms with E-state index in [0.29, 0.717) is 37.9 Å². The lowest BCUT2D eigenvalue weighted by Crippen LogP contribution is -2.37. The Morgan fingerprint density at radius 1 is 1.21 bits per heavy atom. The lowest BCUT2D eigenvalue weighted by molar-refractivity contribution is -0.136. The minimum Gasteiger partial charge on any atom is -0.378 e. The maximum absolute atomic E-state index is 13.0. The van der Waals surface area contributed by atoms with Crippen molar-refractivity contribution in [3.05, 3.63) is 47.3 Å². The average Bonchev–Trinajstić information content (AvgIpc) is 2.66. The van der Waals surface area contributed by atoms with Crippen LogP contribution in [0.3, 0.4) is 0 Å². The molecule has 0 spiro atoms. The number of hydrogen-bond donors (Lipinski definition) is 2. The Morgan fingerprint density at radius 2 is 1.93 bits per heavy atom. The number of carbonyl (C=O) groups is 1. The molecule has 2 heterocycles. The van der Waals surface area contributed by atoms with Gasteiger partial charge >= 0.3 is 12.2 Å². The Balaban J connectivity index is 1.64. The van der Waals surface area contributed by atoms with Crippen molar-refractivity contribution in [3.8, 4) is 0 Å². The summed E-state index contributed by atoms with van der Waals surface area (Å²) in [7, 11) is 0. The lowest BCUT2D eigenvalue weighted by atomic mass is 10.1. The van der Waals surface area contributed by atoms with Crippen molar-refractivity contribution < 1.29 is 22.7 Å². The van der Waals surface area contributed by atoms with Crippen molar-refractivity contribution >= 4 is 17.7 Å². The molecule has 0 atom stereocenters. The van der Waals surface area contributed by atoms with Gasteiger partial charge in [0, 0.05) is 18.8 Å². The maximum atomic E-state index is 13.0. The number of anilines is 2. The molecule has 1 aliphatic heterocycles. The van der Waals surface area contributed by atoms with E-state index < -0.39 is 17.8 Å². The van der Waals surface area contributed by atoms with Crippen LogP contribution in [-0.2, 0) is 17.5 Å². The quantitative estimate of drug-likeness (QED) is 0.832. The molecule has 1 saturated heterocycles. The fourth-order valence-electron chi connectivity index (χ4n) is 2.79. The van der Waals surface area contributed by atoms with Crippen LogP contribution in [0.5, 0.6) is 0 Å². The second kappa shape index (κ2) is 8.42. The minimum atomic E-state index is -4.55. The van der Waals surface area contributed by atoms with E-state index in [-0.39, 0.29) is 12.2 Å². The molecule has 7 nitrogen and oxygen atoms in total. The van der Waals surface area contributed by atoms with E-state index in [9.17, 15) is 18.0 Å². The Bertz CT molecular complexity index is 838. The van der Waals surface area contributed by atoms with Crippen molar-refractivity contribution in [3.63, 3.8) is 0 Å². The van der Waals surface area contributed by atoms with Crippen molar-refractivity contribution in [2.24, 2.45) is 0 Å². The number of alkyl halides is 3. The third kappa shape index (κ3) is 5.10. The number of hydrogen-bond acceptors (Lipinski definition) is 5. The zero-order valence-corrected chi connectivity index (χ0v) is 15.2. The molecule has 1 aromatic carbocycles. The predicted molar refractivity (Wildman–Crippen MR) is 97.1 cm³/mol. The number of aromatic nitrogens is 2. The van der Waals surface area contributed by atoms with E-state index in [2.05, 4.69) is 20.6 Å². The third-order valence-corrected chi connectivity index (χ3v) is 4.10. The molecule has 10 heteroatoms. The summed E-state index contributed by atoms with van der Waals surface area (Å²) < 4.78 is 44.3. The smallest absolute Gasteiger partial charge is 0.378 e. The normalized spacial score (nSPS) is 14.6. The number of ether oxygens (including phenoxy) is 1. The van der Waals surface area contributed by atoms with Crippen LogP contribution < -0.4 is 15.5 Å². The molecule has 0 bridgehead atoms. The molecule has 3 rings (SSSR count). The molecule has 1 aliphatic rings. The number of nitrogens with zero attached hydrogens (tertiary/aromatic N) is 3. The molecular formula is C18H20F3N5O2. The highest BCUT2D eigenvalue weighted by molar-refractivity contribution is 5.90. The van der Waals surface area contributed by atoms with E-state index in [1.165, 1.54) is 18.2 Å². The molecule has 2 aromatic rings. The van der Waals surface area contributed by atoms with Gasteiger partial charge in [-0.25, -0.2) is 14.8 Å². The summed E-state index contributed by atoms with van der Waals surface area (Å²) in [5, 5.41) is 4.77. The first-order valence-corrected chi connectivity index (χ1v) is 8.71. The van der Waals surface area contributed by atoms with Gasteiger partial charge in [0.05, 0.1) is 36.7 Å². The Kier molecular flexibility index (Phi) is 5.98. The van der Waals surface area contributed by atoms with Crippen LogP contribution in [-0.4, -0.2) is 42.3 Å². The monoisotopic (exact) mass is 395 g/mol. The van der Waals surface area contributed by atoms with Crippen molar-refractivity contribution in [2.75, 3.05) is 36.5 Å². The van der Waals surface area contributed by atoms with Crippen LogP contribution in [0.1, 0.15) is 17.0 Å². The SMILES string of the molecule is Cc1cc(CNC(=O)Nc2ccccc2C(F)(F)F)nc(N2CCOCC2)n1. The third-order valence-electron chi connectivity index (χ3n) is 4.10. The number of amides is 2. The van der Waals surface area contributed by atoms with Gasteiger partial charge in [-0.05, 0) is 25.1 Å². The zero-order chi connectivity index (χ0) is 20.1. The van der Waals surface area contributed by atoms with Crippen molar-refractivity contribution in [1.29, 1.82) is 0 Å². The number of aryl methyl sites for hydroxylation is 1. The number of morpholine rings is 1. The first-order valence-electron chi connectivity index (χ1n) is 8.71. The molecule has 0 unspecified atom stereocenters. The fourth-order valence-corrected chi connectivity index (χ4v) is 2.79. The molecule has 1 fully saturated rings. The van der Waals surface area contributed by atoms with Gasteiger partial charge in [-0.2, -0.15) is 13.2 Å². The second-order valence-electron chi connectivity index (χ2n) is 6.25. The Morgan fingerprint density at radius 3 is 2.64 bits per heavy atom. The molecular weight excluding hydrogens is 375 g/mol. The van der Waals surface area contributed by atoms with Crippen LogP contribution in [0.15, 0.2) is 30.3 Å². The standard InChI is InChI=1S/C18H20F3N5O2/c1-12-10-13(24-16(23-12)26-6-8-28-9-7-26)11-22-17(27)25-15-5-3-2-4-14(15)18(19,20)21/h2-5,10H,6-9,11H2,1H3,(H2,22,25,27). The topological polar surface area (TPSA) is 79.4 Å². The highest BCUT2D eigenvalue weighted by Crippen LogP contribution is 2.34. The van der Waals surface area contributed by atoms with Crippen molar-refractivity contribution in [2.45, 2.75) is 19.6 Å². The molecule has 1 aromatic heterocycles. The predicted octanol–water partition coefficient (Wildman–Crippen LogP) is 2.96. The summed E-state index contributed by atoms with van der Waals surface area (Å²) in [5.41, 5.74) is 0.0855. The molecule has 0 aliphatic carbocycles. The van der Waals surface area contributed by atoms with E-state index in [1.807, 2.05) is 11.8 Å². The Hall–Kier alpha value is -2.88. The van der Waals surface area contributed by atoms with E-state index in [4.69, 9.17) is 4.74 Å². The average molecular weight is 395 g/mol. The van der Waals surface area contributed by atoms with Gasteiger partial charge in [-0.1, -0.05) is 12.1 Å².